The van der Waals surface area contributed by atoms with Crippen LogP contribution in [0.2, 0.25) is 0 Å². The van der Waals surface area contributed by atoms with Crippen molar-refractivity contribution in [2.75, 3.05) is 0 Å². The molecule has 37 heavy (non-hydrogen) atoms. The first-order chi connectivity index (χ1) is 18.3. The van der Waals surface area contributed by atoms with Gasteiger partial charge >= 0.3 is 0 Å². The highest BCUT2D eigenvalue weighted by atomic mass is 28.3. The van der Waals surface area contributed by atoms with E-state index in [9.17, 15) is 0 Å². The molecule has 0 radical (unpaired) electrons. The van der Waals surface area contributed by atoms with Crippen molar-refractivity contribution in [1.29, 1.82) is 0 Å². The Morgan fingerprint density at radius 1 is 0.324 bits per heavy atom. The topological polar surface area (TPSA) is 0 Å². The Morgan fingerprint density at radius 3 is 1.14 bits per heavy atom. The number of rotatable bonds is 4. The molecule has 1 heterocycles. The van der Waals surface area contributed by atoms with Crippen molar-refractivity contribution in [2.24, 2.45) is 0 Å². The molecule has 7 rings (SSSR count). The molecule has 0 unspecified atom stereocenters. The van der Waals surface area contributed by atoms with Crippen molar-refractivity contribution in [3.05, 3.63) is 169 Å². The molecule has 1 aliphatic rings. The molecule has 0 saturated carbocycles. The second-order valence-electron chi connectivity index (χ2n) is 9.77. The molecule has 6 aromatic rings. The minimum Gasteiger partial charge on any atom is -0.0623 e. The Balaban J connectivity index is 1.53. The minimum absolute atomic E-state index is 1.28. The second kappa shape index (κ2) is 8.88. The predicted molar refractivity (Wildman–Crippen MR) is 162 cm³/mol. The van der Waals surface area contributed by atoms with Gasteiger partial charge in [0.2, 0.25) is 0 Å². The van der Waals surface area contributed by atoms with Gasteiger partial charge in [-0.1, -0.05) is 146 Å². The van der Waals surface area contributed by atoms with Crippen molar-refractivity contribution >= 4 is 50.4 Å². The van der Waals surface area contributed by atoms with E-state index in [0.29, 0.717) is 0 Å². The van der Waals surface area contributed by atoms with Gasteiger partial charge in [-0.25, -0.2) is 0 Å². The molecule has 0 amide bonds. The zero-order valence-corrected chi connectivity index (χ0v) is 21.5. The molecule has 0 atom stereocenters. The molecule has 6 aromatic carbocycles. The number of benzene rings is 6. The van der Waals surface area contributed by atoms with Crippen LogP contribution in [0.15, 0.2) is 158 Å². The van der Waals surface area contributed by atoms with Crippen LogP contribution in [-0.2, 0) is 0 Å². The molecule has 0 aromatic heterocycles. The first-order valence-corrected chi connectivity index (χ1v) is 14.9. The summed E-state index contributed by atoms with van der Waals surface area (Å²) >= 11 is 0. The normalized spacial score (nSPS) is 14.5. The average molecular weight is 487 g/mol. The SMILES string of the molecule is C1=C(c2ccc3ccccc3c2)[Si](c2ccccc2)(c2ccccc2)C(c2ccc3ccccc3c2)=C1. The Bertz CT molecular complexity index is 1670. The van der Waals surface area contributed by atoms with Crippen molar-refractivity contribution in [2.45, 2.75) is 0 Å². The summed E-state index contributed by atoms with van der Waals surface area (Å²) in [5, 5.41) is 10.8. The van der Waals surface area contributed by atoms with E-state index in [2.05, 4.69) is 158 Å². The summed E-state index contributed by atoms with van der Waals surface area (Å²) in [6, 6.07) is 53.7. The highest BCUT2D eigenvalue weighted by molar-refractivity contribution is 7.26. The van der Waals surface area contributed by atoms with Gasteiger partial charge in [0.25, 0.3) is 0 Å². The summed E-state index contributed by atoms with van der Waals surface area (Å²) in [5.74, 6) is 0. The van der Waals surface area contributed by atoms with Gasteiger partial charge in [-0.2, -0.15) is 0 Å². The van der Waals surface area contributed by atoms with Crippen LogP contribution in [0.25, 0.3) is 31.9 Å². The van der Waals surface area contributed by atoms with Crippen LogP contribution in [0.1, 0.15) is 11.1 Å². The van der Waals surface area contributed by atoms with Crippen molar-refractivity contribution in [3.8, 4) is 0 Å². The van der Waals surface area contributed by atoms with Crippen LogP contribution in [0.5, 0.6) is 0 Å². The van der Waals surface area contributed by atoms with Gasteiger partial charge in [0.1, 0.15) is 0 Å². The zero-order valence-electron chi connectivity index (χ0n) is 20.5. The van der Waals surface area contributed by atoms with Crippen molar-refractivity contribution in [3.63, 3.8) is 0 Å². The fraction of sp³-hybridized carbons (Fsp3) is 0. The molecule has 0 N–H and O–H groups in total. The molecular formula is C36H26Si. The average Bonchev–Trinajstić information content (AvgIpc) is 3.39. The third-order valence-electron chi connectivity index (χ3n) is 7.76. The van der Waals surface area contributed by atoms with E-state index in [1.165, 1.54) is 53.4 Å². The van der Waals surface area contributed by atoms with E-state index < -0.39 is 8.07 Å². The molecule has 0 saturated heterocycles. The molecule has 174 valence electrons. The van der Waals surface area contributed by atoms with Crippen LogP contribution in [0.3, 0.4) is 0 Å². The Kier molecular flexibility index (Phi) is 5.23. The number of hydrogen-bond donors (Lipinski definition) is 0. The summed E-state index contributed by atoms with van der Waals surface area (Å²) < 4.78 is 0. The van der Waals surface area contributed by atoms with Gasteiger partial charge in [0, 0.05) is 0 Å². The smallest absolute Gasteiger partial charge is 0.0623 e. The maximum Gasteiger partial charge on any atom is 0.180 e. The van der Waals surface area contributed by atoms with Gasteiger partial charge < -0.3 is 0 Å². The monoisotopic (exact) mass is 486 g/mol. The molecule has 0 bridgehead atoms. The summed E-state index contributed by atoms with van der Waals surface area (Å²) in [4.78, 5) is 0. The molecule has 0 spiro atoms. The quantitative estimate of drug-likeness (QED) is 0.223. The lowest BCUT2D eigenvalue weighted by Crippen LogP contribution is -2.59. The predicted octanol–water partition coefficient (Wildman–Crippen LogP) is 7.82. The highest BCUT2D eigenvalue weighted by Gasteiger charge is 2.47. The molecular weight excluding hydrogens is 460 g/mol. The van der Waals surface area contributed by atoms with Gasteiger partial charge in [0.15, 0.2) is 8.07 Å². The summed E-state index contributed by atoms with van der Waals surface area (Å²) in [7, 11) is -2.58. The number of hydrogen-bond acceptors (Lipinski definition) is 0. The van der Waals surface area contributed by atoms with E-state index in [-0.39, 0.29) is 0 Å². The summed E-state index contributed by atoms with van der Waals surface area (Å²) in [6.07, 6.45) is 4.81. The minimum atomic E-state index is -2.58. The van der Waals surface area contributed by atoms with Gasteiger partial charge in [-0.3, -0.25) is 0 Å². The lowest BCUT2D eigenvalue weighted by Gasteiger charge is -2.35. The summed E-state index contributed by atoms with van der Waals surface area (Å²) in [6.45, 7) is 0. The van der Waals surface area contributed by atoms with Crippen LogP contribution in [0.4, 0.5) is 0 Å². The number of allylic oxidation sites excluding steroid dienone is 2. The van der Waals surface area contributed by atoms with Crippen LogP contribution in [-0.4, -0.2) is 8.07 Å². The van der Waals surface area contributed by atoms with Gasteiger partial charge in [-0.05, 0) is 65.6 Å². The van der Waals surface area contributed by atoms with E-state index >= 15 is 0 Å². The number of fused-ring (bicyclic) bond motifs is 2. The Labute approximate surface area is 218 Å². The first kappa shape index (κ1) is 21.8. The van der Waals surface area contributed by atoms with E-state index in [0.717, 1.165) is 0 Å². The van der Waals surface area contributed by atoms with Crippen LogP contribution in [0, 0.1) is 0 Å². The molecule has 0 nitrogen and oxygen atoms in total. The highest BCUT2D eigenvalue weighted by Crippen LogP contribution is 2.42. The zero-order chi connectivity index (χ0) is 24.7. The standard InChI is InChI=1S/C36H26Si/c1-3-15-33(16-4-1)37(34-17-5-2-6-18-34)35(31-21-19-27-11-7-9-13-29(27)25-31)23-24-36(37)32-22-20-28-12-8-10-14-30(28)26-32/h1-26H. The lowest BCUT2D eigenvalue weighted by atomic mass is 10.1. The third-order valence-corrected chi connectivity index (χ3v) is 12.7. The van der Waals surface area contributed by atoms with Gasteiger partial charge in [-0.15, -0.1) is 0 Å². The Hall–Kier alpha value is -4.46. The largest absolute Gasteiger partial charge is 0.180 e. The maximum atomic E-state index is 2.40. The fourth-order valence-electron chi connectivity index (χ4n) is 6.07. The molecule has 1 heteroatoms. The van der Waals surface area contributed by atoms with Crippen LogP contribution < -0.4 is 10.4 Å². The van der Waals surface area contributed by atoms with E-state index in [4.69, 9.17) is 0 Å². The molecule has 0 aliphatic carbocycles. The summed E-state index contributed by atoms with van der Waals surface area (Å²) in [5.41, 5.74) is 2.62. The van der Waals surface area contributed by atoms with E-state index in [1.807, 2.05) is 0 Å². The van der Waals surface area contributed by atoms with Crippen LogP contribution >= 0.6 is 0 Å². The van der Waals surface area contributed by atoms with Crippen molar-refractivity contribution < 1.29 is 0 Å². The second-order valence-corrected chi connectivity index (χ2v) is 13.5. The third kappa shape index (κ3) is 3.51. The fourth-order valence-corrected chi connectivity index (χ4v) is 11.2. The van der Waals surface area contributed by atoms with Gasteiger partial charge in [0.05, 0.1) is 0 Å². The molecule has 1 aliphatic heterocycles. The van der Waals surface area contributed by atoms with Crippen molar-refractivity contribution in [1.82, 2.24) is 0 Å². The first-order valence-electron chi connectivity index (χ1n) is 12.9. The lowest BCUT2D eigenvalue weighted by molar-refractivity contribution is 1.66. The molecule has 0 fully saturated rings. The Morgan fingerprint density at radius 2 is 0.703 bits per heavy atom. The van der Waals surface area contributed by atoms with E-state index in [1.54, 1.807) is 0 Å². The maximum absolute atomic E-state index is 2.58.